The van der Waals surface area contributed by atoms with Crippen LogP contribution in [0.4, 0.5) is 13.2 Å². The molecule has 0 bridgehead atoms. The highest BCUT2D eigenvalue weighted by Crippen LogP contribution is 2.32. The van der Waals surface area contributed by atoms with Gasteiger partial charge in [0.25, 0.3) is 5.91 Å². The number of H-pyrrole nitrogens is 1. The first-order valence-electron chi connectivity index (χ1n) is 8.19. The molecule has 0 saturated carbocycles. The molecule has 6 nitrogen and oxygen atoms in total. The second kappa shape index (κ2) is 6.15. The Bertz CT molecular complexity index is 947. The van der Waals surface area contributed by atoms with Crippen molar-refractivity contribution in [2.75, 3.05) is 13.1 Å². The van der Waals surface area contributed by atoms with Gasteiger partial charge < -0.3 is 14.3 Å². The van der Waals surface area contributed by atoms with Crippen LogP contribution >= 0.6 is 0 Å². The number of piperidine rings is 1. The van der Waals surface area contributed by atoms with Crippen molar-refractivity contribution in [2.24, 2.45) is 0 Å². The van der Waals surface area contributed by atoms with E-state index >= 15 is 0 Å². The number of rotatable bonds is 2. The maximum absolute atomic E-state index is 12.8. The number of aromatic nitrogens is 3. The van der Waals surface area contributed by atoms with Crippen molar-refractivity contribution in [3.63, 3.8) is 0 Å². The van der Waals surface area contributed by atoms with Crippen LogP contribution in [0.15, 0.2) is 34.9 Å². The fourth-order valence-corrected chi connectivity index (χ4v) is 3.25. The van der Waals surface area contributed by atoms with Crippen LogP contribution in [-0.4, -0.2) is 39.1 Å². The standard InChI is InChI=1S/C17H15F3N4O2/c18-17(19,20)16-23-22-14(26-16)12-2-1-7-24(9-12)15(25)11-3-4-13-10(8-11)5-6-21-13/h3-6,8,12,21H,1-2,7,9H2. The molecule has 1 N–H and O–H groups in total. The Hall–Kier alpha value is -2.84. The van der Waals surface area contributed by atoms with Gasteiger partial charge in [0.2, 0.25) is 5.89 Å². The number of fused-ring (bicyclic) bond motifs is 1. The van der Waals surface area contributed by atoms with Crippen molar-refractivity contribution in [2.45, 2.75) is 24.9 Å². The molecule has 0 radical (unpaired) electrons. The van der Waals surface area contributed by atoms with Crippen molar-refractivity contribution >= 4 is 16.8 Å². The molecule has 3 heterocycles. The molecule has 2 aromatic heterocycles. The number of hydrogen-bond donors (Lipinski definition) is 1. The van der Waals surface area contributed by atoms with Crippen molar-refractivity contribution in [1.82, 2.24) is 20.1 Å². The first kappa shape index (κ1) is 16.6. The van der Waals surface area contributed by atoms with E-state index in [1.54, 1.807) is 23.2 Å². The van der Waals surface area contributed by atoms with Crippen LogP contribution in [0.25, 0.3) is 10.9 Å². The van der Waals surface area contributed by atoms with E-state index in [2.05, 4.69) is 15.2 Å². The Balaban J connectivity index is 1.52. The summed E-state index contributed by atoms with van der Waals surface area (Å²) in [5.74, 6) is -1.98. The topological polar surface area (TPSA) is 75.0 Å². The van der Waals surface area contributed by atoms with Crippen molar-refractivity contribution in [3.05, 3.63) is 47.8 Å². The Labute approximate surface area is 146 Å². The Kier molecular flexibility index (Phi) is 3.93. The van der Waals surface area contributed by atoms with Crippen LogP contribution in [0.5, 0.6) is 0 Å². The number of halogens is 3. The first-order chi connectivity index (χ1) is 12.4. The zero-order chi connectivity index (χ0) is 18.3. The highest BCUT2D eigenvalue weighted by molar-refractivity contribution is 5.98. The maximum atomic E-state index is 12.8. The summed E-state index contributed by atoms with van der Waals surface area (Å²) in [6, 6.07) is 7.24. The van der Waals surface area contributed by atoms with Gasteiger partial charge in [-0.1, -0.05) is 0 Å². The fourth-order valence-electron chi connectivity index (χ4n) is 3.25. The average molecular weight is 364 g/mol. The van der Waals surface area contributed by atoms with E-state index in [9.17, 15) is 18.0 Å². The Morgan fingerprint density at radius 2 is 2.12 bits per heavy atom. The summed E-state index contributed by atoms with van der Waals surface area (Å²) in [7, 11) is 0. The van der Waals surface area contributed by atoms with E-state index in [-0.39, 0.29) is 18.3 Å². The molecule has 1 aliphatic rings. The molecule has 4 rings (SSSR count). The molecular weight excluding hydrogens is 349 g/mol. The monoisotopic (exact) mass is 364 g/mol. The summed E-state index contributed by atoms with van der Waals surface area (Å²) in [5, 5.41) is 7.53. The lowest BCUT2D eigenvalue weighted by molar-refractivity contribution is -0.157. The lowest BCUT2D eigenvalue weighted by atomic mass is 9.97. The molecular formula is C17H15F3N4O2. The van der Waals surface area contributed by atoms with Gasteiger partial charge in [-0.3, -0.25) is 4.79 Å². The predicted octanol–water partition coefficient (Wildman–Crippen LogP) is 3.59. The van der Waals surface area contributed by atoms with Crippen molar-refractivity contribution < 1.29 is 22.4 Å². The second-order valence-corrected chi connectivity index (χ2v) is 6.31. The number of amides is 1. The van der Waals surface area contributed by atoms with Crippen molar-refractivity contribution in [1.29, 1.82) is 0 Å². The van der Waals surface area contributed by atoms with E-state index < -0.39 is 18.0 Å². The number of likely N-dealkylation sites (tertiary alicyclic amines) is 1. The van der Waals surface area contributed by atoms with Crippen LogP contribution in [0.2, 0.25) is 0 Å². The summed E-state index contributed by atoms with van der Waals surface area (Å²) in [6.45, 7) is 0.796. The highest BCUT2D eigenvalue weighted by Gasteiger charge is 2.39. The van der Waals surface area contributed by atoms with Crippen LogP contribution in [0.1, 0.15) is 40.9 Å². The van der Waals surface area contributed by atoms with Gasteiger partial charge in [-0.15, -0.1) is 10.2 Å². The maximum Gasteiger partial charge on any atom is 0.470 e. The third-order valence-electron chi connectivity index (χ3n) is 4.54. The zero-order valence-corrected chi connectivity index (χ0v) is 13.6. The minimum Gasteiger partial charge on any atom is -0.417 e. The van der Waals surface area contributed by atoms with Crippen LogP contribution < -0.4 is 0 Å². The minimum atomic E-state index is -4.67. The van der Waals surface area contributed by atoms with Crippen LogP contribution in [0, 0.1) is 0 Å². The molecule has 1 saturated heterocycles. The number of carbonyl (C=O) groups is 1. The number of hydrogen-bond acceptors (Lipinski definition) is 4. The summed E-state index contributed by atoms with van der Waals surface area (Å²) in [5.41, 5.74) is 1.47. The third kappa shape index (κ3) is 3.04. The summed E-state index contributed by atoms with van der Waals surface area (Å²) in [6.07, 6.45) is -1.61. The molecule has 1 atom stereocenters. The predicted molar refractivity (Wildman–Crippen MR) is 85.5 cm³/mol. The molecule has 9 heteroatoms. The first-order valence-corrected chi connectivity index (χ1v) is 8.19. The Morgan fingerprint density at radius 1 is 1.27 bits per heavy atom. The molecule has 1 aliphatic heterocycles. The van der Waals surface area contributed by atoms with Crippen molar-refractivity contribution in [3.8, 4) is 0 Å². The van der Waals surface area contributed by atoms with Gasteiger partial charge in [0.15, 0.2) is 0 Å². The zero-order valence-electron chi connectivity index (χ0n) is 13.6. The second-order valence-electron chi connectivity index (χ2n) is 6.31. The number of alkyl halides is 3. The largest absolute Gasteiger partial charge is 0.470 e. The molecule has 26 heavy (non-hydrogen) atoms. The van der Waals surface area contributed by atoms with Gasteiger partial charge in [0.1, 0.15) is 0 Å². The molecule has 0 spiro atoms. The van der Waals surface area contributed by atoms with E-state index in [4.69, 9.17) is 4.42 Å². The summed E-state index contributed by atoms with van der Waals surface area (Å²) in [4.78, 5) is 17.5. The summed E-state index contributed by atoms with van der Waals surface area (Å²) < 4.78 is 42.7. The smallest absolute Gasteiger partial charge is 0.417 e. The van der Waals surface area contributed by atoms with E-state index in [1.165, 1.54) is 0 Å². The number of benzene rings is 1. The molecule has 0 aliphatic carbocycles. The van der Waals surface area contributed by atoms with Crippen LogP contribution in [0.3, 0.4) is 0 Å². The molecule has 1 amide bonds. The van der Waals surface area contributed by atoms with Gasteiger partial charge in [0, 0.05) is 35.8 Å². The number of nitrogens with one attached hydrogen (secondary N) is 1. The fraction of sp³-hybridized carbons (Fsp3) is 0.353. The highest BCUT2D eigenvalue weighted by atomic mass is 19.4. The normalized spacial score (nSPS) is 18.4. The molecule has 1 fully saturated rings. The number of aromatic amines is 1. The number of nitrogens with zero attached hydrogens (tertiary/aromatic N) is 3. The van der Waals surface area contributed by atoms with Gasteiger partial charge >= 0.3 is 12.1 Å². The van der Waals surface area contributed by atoms with Gasteiger partial charge in [-0.05, 0) is 37.1 Å². The van der Waals surface area contributed by atoms with Gasteiger partial charge in [0.05, 0.1) is 5.92 Å². The SMILES string of the molecule is O=C(c1ccc2[nH]ccc2c1)N1CCCC(c2nnc(C(F)(F)F)o2)C1. The molecule has 1 unspecified atom stereocenters. The lowest BCUT2D eigenvalue weighted by Crippen LogP contribution is -2.39. The minimum absolute atomic E-state index is 0.0732. The van der Waals surface area contributed by atoms with E-state index in [0.717, 1.165) is 10.9 Å². The van der Waals surface area contributed by atoms with Crippen LogP contribution in [-0.2, 0) is 6.18 Å². The lowest BCUT2D eigenvalue weighted by Gasteiger charge is -2.31. The third-order valence-corrected chi connectivity index (χ3v) is 4.54. The Morgan fingerprint density at radius 3 is 2.88 bits per heavy atom. The van der Waals surface area contributed by atoms with Gasteiger partial charge in [-0.2, -0.15) is 13.2 Å². The average Bonchev–Trinajstić information content (AvgIpc) is 3.29. The molecule has 1 aromatic carbocycles. The van der Waals surface area contributed by atoms with E-state index in [0.29, 0.717) is 24.9 Å². The van der Waals surface area contributed by atoms with E-state index in [1.807, 2.05) is 12.1 Å². The summed E-state index contributed by atoms with van der Waals surface area (Å²) >= 11 is 0. The quantitative estimate of drug-likeness (QED) is 0.754. The van der Waals surface area contributed by atoms with Gasteiger partial charge in [-0.25, -0.2) is 0 Å². The molecule has 3 aromatic rings. The number of carbonyl (C=O) groups excluding carboxylic acids is 1. The molecule has 136 valence electrons.